The van der Waals surface area contributed by atoms with Gasteiger partial charge < -0.3 is 11.1 Å². The van der Waals surface area contributed by atoms with Gasteiger partial charge in [0.25, 0.3) is 0 Å². The summed E-state index contributed by atoms with van der Waals surface area (Å²) >= 11 is 0. The second-order valence-corrected chi connectivity index (χ2v) is 3.35. The van der Waals surface area contributed by atoms with E-state index in [-0.39, 0.29) is 0 Å². The van der Waals surface area contributed by atoms with E-state index in [1.807, 2.05) is 42.6 Å². The number of nitrogens with one attached hydrogen (secondary N) is 1. The minimum Gasteiger partial charge on any atom is -0.397 e. The first-order valence-corrected chi connectivity index (χ1v) is 4.83. The zero-order valence-corrected chi connectivity index (χ0v) is 8.35. The van der Waals surface area contributed by atoms with E-state index in [9.17, 15) is 0 Å². The first-order chi connectivity index (χ1) is 7.34. The number of anilines is 2. The van der Waals surface area contributed by atoms with Crippen LogP contribution in [0.2, 0.25) is 0 Å². The third-order valence-corrected chi connectivity index (χ3v) is 2.09. The fraction of sp³-hybridized carbons (Fsp3) is 0.0833. The molecule has 0 radical (unpaired) electrons. The standard InChI is InChI=1S/C12H13N3/c13-11-6-10(7-14-9-11)8-15-12-4-2-1-3-5-12/h1-7,9,15H,8,13H2. The Bertz CT molecular complexity index is 426. The van der Waals surface area contributed by atoms with Gasteiger partial charge in [0.15, 0.2) is 0 Å². The van der Waals surface area contributed by atoms with Gasteiger partial charge in [0, 0.05) is 24.6 Å². The highest BCUT2D eigenvalue weighted by atomic mass is 14.9. The first-order valence-electron chi connectivity index (χ1n) is 4.83. The summed E-state index contributed by atoms with van der Waals surface area (Å²) in [5.74, 6) is 0. The summed E-state index contributed by atoms with van der Waals surface area (Å²) in [5.41, 5.74) is 8.51. The monoisotopic (exact) mass is 199 g/mol. The Morgan fingerprint density at radius 1 is 1.13 bits per heavy atom. The van der Waals surface area contributed by atoms with Crippen LogP contribution in [0.25, 0.3) is 0 Å². The summed E-state index contributed by atoms with van der Waals surface area (Å²) in [6.45, 7) is 0.738. The predicted octanol–water partition coefficient (Wildman–Crippen LogP) is 2.28. The van der Waals surface area contributed by atoms with Crippen molar-refractivity contribution in [1.29, 1.82) is 0 Å². The zero-order valence-electron chi connectivity index (χ0n) is 8.35. The molecule has 0 unspecified atom stereocenters. The summed E-state index contributed by atoms with van der Waals surface area (Å²) in [5, 5.41) is 3.29. The van der Waals surface area contributed by atoms with Crippen LogP contribution in [-0.2, 0) is 6.54 Å². The summed E-state index contributed by atoms with van der Waals surface area (Å²) in [4.78, 5) is 4.03. The van der Waals surface area contributed by atoms with E-state index >= 15 is 0 Å². The van der Waals surface area contributed by atoms with E-state index in [0.29, 0.717) is 5.69 Å². The average Bonchev–Trinajstić information content (AvgIpc) is 2.28. The van der Waals surface area contributed by atoms with Crippen molar-refractivity contribution in [3.05, 3.63) is 54.4 Å². The molecule has 76 valence electrons. The smallest absolute Gasteiger partial charge is 0.0504 e. The highest BCUT2D eigenvalue weighted by Crippen LogP contribution is 2.09. The maximum atomic E-state index is 5.64. The van der Waals surface area contributed by atoms with E-state index in [4.69, 9.17) is 5.73 Å². The molecule has 0 aliphatic heterocycles. The Morgan fingerprint density at radius 3 is 2.67 bits per heavy atom. The number of aromatic nitrogens is 1. The number of nitrogen functional groups attached to an aromatic ring is 1. The van der Waals surface area contributed by atoms with E-state index in [1.54, 1.807) is 6.20 Å². The molecule has 0 bridgehead atoms. The molecule has 3 heteroatoms. The summed E-state index contributed by atoms with van der Waals surface area (Å²) in [7, 11) is 0. The number of hydrogen-bond acceptors (Lipinski definition) is 3. The highest BCUT2D eigenvalue weighted by molar-refractivity contribution is 5.44. The van der Waals surface area contributed by atoms with Gasteiger partial charge in [0.1, 0.15) is 0 Å². The Balaban J connectivity index is 1.99. The lowest BCUT2D eigenvalue weighted by atomic mass is 10.2. The molecule has 3 nitrogen and oxygen atoms in total. The van der Waals surface area contributed by atoms with Crippen LogP contribution in [0.3, 0.4) is 0 Å². The van der Waals surface area contributed by atoms with Gasteiger partial charge in [0.2, 0.25) is 0 Å². The second-order valence-electron chi connectivity index (χ2n) is 3.35. The number of hydrogen-bond donors (Lipinski definition) is 2. The van der Waals surface area contributed by atoms with Gasteiger partial charge in [-0.3, -0.25) is 4.98 Å². The van der Waals surface area contributed by atoms with Gasteiger partial charge in [-0.2, -0.15) is 0 Å². The van der Waals surface area contributed by atoms with E-state index in [2.05, 4.69) is 10.3 Å². The highest BCUT2D eigenvalue weighted by Gasteiger charge is 1.94. The summed E-state index contributed by atoms with van der Waals surface area (Å²) in [6.07, 6.45) is 3.46. The molecule has 0 saturated heterocycles. The van der Waals surface area contributed by atoms with Crippen molar-refractivity contribution in [3.8, 4) is 0 Å². The second kappa shape index (κ2) is 4.46. The Hall–Kier alpha value is -2.03. The molecule has 2 aromatic rings. The average molecular weight is 199 g/mol. The van der Waals surface area contributed by atoms with Crippen LogP contribution >= 0.6 is 0 Å². The molecule has 1 aromatic carbocycles. The molecule has 15 heavy (non-hydrogen) atoms. The van der Waals surface area contributed by atoms with Crippen LogP contribution in [0.1, 0.15) is 5.56 Å². The molecule has 1 heterocycles. The fourth-order valence-electron chi connectivity index (χ4n) is 1.36. The van der Waals surface area contributed by atoms with Crippen LogP contribution in [0.4, 0.5) is 11.4 Å². The Kier molecular flexibility index (Phi) is 2.83. The Labute approximate surface area is 89.0 Å². The topological polar surface area (TPSA) is 50.9 Å². The van der Waals surface area contributed by atoms with Gasteiger partial charge in [-0.1, -0.05) is 18.2 Å². The molecule has 0 fully saturated rings. The number of pyridine rings is 1. The van der Waals surface area contributed by atoms with Crippen molar-refractivity contribution in [1.82, 2.24) is 4.98 Å². The molecule has 1 aromatic heterocycles. The van der Waals surface area contributed by atoms with Gasteiger partial charge in [-0.15, -0.1) is 0 Å². The lowest BCUT2D eigenvalue weighted by molar-refractivity contribution is 1.11. The van der Waals surface area contributed by atoms with Crippen molar-refractivity contribution >= 4 is 11.4 Å². The molecule has 0 saturated carbocycles. The van der Waals surface area contributed by atoms with Crippen molar-refractivity contribution in [2.24, 2.45) is 0 Å². The number of rotatable bonds is 3. The third-order valence-electron chi connectivity index (χ3n) is 2.09. The lowest BCUT2D eigenvalue weighted by Gasteiger charge is -2.06. The van der Waals surface area contributed by atoms with Gasteiger partial charge >= 0.3 is 0 Å². The maximum Gasteiger partial charge on any atom is 0.0504 e. The van der Waals surface area contributed by atoms with Crippen LogP contribution < -0.4 is 11.1 Å². The van der Waals surface area contributed by atoms with Crippen LogP contribution in [0, 0.1) is 0 Å². The number of nitrogens with zero attached hydrogens (tertiary/aromatic N) is 1. The molecule has 0 aliphatic carbocycles. The number of para-hydroxylation sites is 1. The van der Waals surface area contributed by atoms with Crippen molar-refractivity contribution in [2.75, 3.05) is 11.1 Å². The van der Waals surface area contributed by atoms with Crippen LogP contribution in [0.5, 0.6) is 0 Å². The van der Waals surface area contributed by atoms with Crippen molar-refractivity contribution in [3.63, 3.8) is 0 Å². The Morgan fingerprint density at radius 2 is 1.93 bits per heavy atom. The van der Waals surface area contributed by atoms with Gasteiger partial charge in [0.05, 0.1) is 5.69 Å². The molecule has 0 spiro atoms. The van der Waals surface area contributed by atoms with E-state index < -0.39 is 0 Å². The SMILES string of the molecule is Nc1cncc(CNc2ccccc2)c1. The fourth-order valence-corrected chi connectivity index (χ4v) is 1.36. The largest absolute Gasteiger partial charge is 0.397 e. The van der Waals surface area contributed by atoms with E-state index in [1.165, 1.54) is 0 Å². The first kappa shape index (κ1) is 9.52. The van der Waals surface area contributed by atoms with Gasteiger partial charge in [-0.25, -0.2) is 0 Å². The third kappa shape index (κ3) is 2.71. The summed E-state index contributed by atoms with van der Waals surface area (Å²) in [6, 6.07) is 12.0. The van der Waals surface area contributed by atoms with Crippen LogP contribution in [-0.4, -0.2) is 4.98 Å². The van der Waals surface area contributed by atoms with Crippen molar-refractivity contribution in [2.45, 2.75) is 6.54 Å². The van der Waals surface area contributed by atoms with Crippen molar-refractivity contribution < 1.29 is 0 Å². The molecule has 0 amide bonds. The molecule has 2 rings (SSSR count). The number of benzene rings is 1. The molecule has 0 aliphatic rings. The lowest BCUT2D eigenvalue weighted by Crippen LogP contribution is -2.00. The van der Waals surface area contributed by atoms with E-state index in [0.717, 1.165) is 17.8 Å². The van der Waals surface area contributed by atoms with Gasteiger partial charge in [-0.05, 0) is 23.8 Å². The molecule has 3 N–H and O–H groups in total. The van der Waals surface area contributed by atoms with Crippen LogP contribution in [0.15, 0.2) is 48.8 Å². The minimum atomic E-state index is 0.697. The predicted molar refractivity (Wildman–Crippen MR) is 62.4 cm³/mol. The molecular weight excluding hydrogens is 186 g/mol. The zero-order chi connectivity index (χ0) is 10.5. The quantitative estimate of drug-likeness (QED) is 0.797. The molecule has 0 atom stereocenters. The normalized spacial score (nSPS) is 9.87. The minimum absolute atomic E-state index is 0.697. The molecular formula is C12H13N3. The summed E-state index contributed by atoms with van der Waals surface area (Å²) < 4.78 is 0. The maximum absolute atomic E-state index is 5.64. The number of nitrogens with two attached hydrogens (primary N) is 1.